The lowest BCUT2D eigenvalue weighted by Crippen LogP contribution is -2.12. The van der Waals surface area contributed by atoms with E-state index < -0.39 is 9.84 Å². The molecule has 22 heavy (non-hydrogen) atoms. The normalized spacial score (nSPS) is 11.2. The molecule has 0 radical (unpaired) electrons. The number of rotatable bonds is 4. The van der Waals surface area contributed by atoms with Gasteiger partial charge in [0, 0.05) is 16.8 Å². The van der Waals surface area contributed by atoms with Crippen LogP contribution in [0.1, 0.15) is 10.4 Å². The fourth-order valence-corrected chi connectivity index (χ4v) is 3.06. The first-order valence-electron chi connectivity index (χ1n) is 6.26. The van der Waals surface area contributed by atoms with E-state index in [0.29, 0.717) is 16.3 Å². The van der Waals surface area contributed by atoms with E-state index in [1.54, 1.807) is 24.3 Å². The minimum Gasteiger partial charge on any atom is -0.322 e. The number of sulfone groups is 1. The fraction of sp³-hybridized carbons (Fsp3) is 0.133. The monoisotopic (exact) mass is 355 g/mol. The van der Waals surface area contributed by atoms with Crippen LogP contribution in [-0.2, 0) is 9.84 Å². The molecule has 2 rings (SSSR count). The van der Waals surface area contributed by atoms with Crippen molar-refractivity contribution in [3.63, 3.8) is 0 Å². The first-order chi connectivity index (χ1) is 10.3. The van der Waals surface area contributed by atoms with Crippen LogP contribution in [0.25, 0.3) is 0 Å². The Bertz CT molecular complexity index is 802. The number of halogens is 1. The van der Waals surface area contributed by atoms with E-state index in [4.69, 9.17) is 11.6 Å². The van der Waals surface area contributed by atoms with E-state index >= 15 is 0 Å². The Hall–Kier alpha value is -1.50. The molecule has 0 aliphatic rings. The first kappa shape index (κ1) is 16.9. The third-order valence-electron chi connectivity index (χ3n) is 2.96. The summed E-state index contributed by atoms with van der Waals surface area (Å²) in [4.78, 5) is 13.4. The molecule has 116 valence electrons. The highest BCUT2D eigenvalue weighted by Crippen LogP contribution is 2.24. The van der Waals surface area contributed by atoms with Gasteiger partial charge in [-0.3, -0.25) is 4.79 Å². The lowest BCUT2D eigenvalue weighted by Gasteiger charge is -2.08. The molecule has 0 saturated carbocycles. The number of amides is 1. The minimum atomic E-state index is -3.25. The molecule has 1 N–H and O–H groups in total. The third-order valence-corrected chi connectivity index (χ3v) is 5.14. The molecule has 4 nitrogen and oxygen atoms in total. The van der Waals surface area contributed by atoms with E-state index in [1.807, 2.05) is 12.3 Å². The summed E-state index contributed by atoms with van der Waals surface area (Å²) < 4.78 is 22.8. The van der Waals surface area contributed by atoms with E-state index in [-0.39, 0.29) is 10.8 Å². The van der Waals surface area contributed by atoms with Crippen molar-refractivity contribution in [2.24, 2.45) is 0 Å². The molecular weight excluding hydrogens is 342 g/mol. The van der Waals surface area contributed by atoms with E-state index in [0.717, 1.165) is 11.2 Å². The van der Waals surface area contributed by atoms with Crippen molar-refractivity contribution in [1.82, 2.24) is 0 Å². The molecule has 0 bridgehead atoms. The zero-order valence-electron chi connectivity index (χ0n) is 12.0. The molecule has 2 aromatic carbocycles. The van der Waals surface area contributed by atoms with Gasteiger partial charge in [-0.1, -0.05) is 11.6 Å². The Kier molecular flexibility index (Phi) is 5.16. The second-order valence-electron chi connectivity index (χ2n) is 4.60. The van der Waals surface area contributed by atoms with Gasteiger partial charge in [0.1, 0.15) is 0 Å². The van der Waals surface area contributed by atoms with E-state index in [1.165, 1.54) is 23.9 Å². The van der Waals surface area contributed by atoms with Crippen molar-refractivity contribution >= 4 is 44.8 Å². The Labute approximate surface area is 138 Å². The van der Waals surface area contributed by atoms with Gasteiger partial charge in [-0.15, -0.1) is 11.8 Å². The second-order valence-corrected chi connectivity index (χ2v) is 7.90. The summed E-state index contributed by atoms with van der Waals surface area (Å²) in [6, 6.07) is 11.2. The second kappa shape index (κ2) is 6.73. The summed E-state index contributed by atoms with van der Waals surface area (Å²) in [6.07, 6.45) is 3.04. The molecule has 0 atom stereocenters. The molecular formula is C15H14ClNO3S2. The van der Waals surface area contributed by atoms with Crippen LogP contribution in [0.3, 0.4) is 0 Å². The summed E-state index contributed by atoms with van der Waals surface area (Å²) in [7, 11) is -3.25. The summed E-state index contributed by atoms with van der Waals surface area (Å²) in [5.74, 6) is -0.340. The van der Waals surface area contributed by atoms with E-state index in [2.05, 4.69) is 5.32 Å². The third kappa shape index (κ3) is 4.03. The first-order valence-corrected chi connectivity index (χ1v) is 9.75. The molecule has 2 aromatic rings. The largest absolute Gasteiger partial charge is 0.322 e. The predicted molar refractivity (Wildman–Crippen MR) is 90.7 cm³/mol. The molecule has 0 heterocycles. The van der Waals surface area contributed by atoms with Crippen molar-refractivity contribution in [2.75, 3.05) is 17.8 Å². The van der Waals surface area contributed by atoms with Gasteiger partial charge in [-0.2, -0.15) is 0 Å². The highest BCUT2D eigenvalue weighted by atomic mass is 35.5. The zero-order chi connectivity index (χ0) is 16.3. The molecule has 1 amide bonds. The summed E-state index contributed by atoms with van der Waals surface area (Å²) in [5, 5.41) is 3.07. The molecule has 0 spiro atoms. The highest BCUT2D eigenvalue weighted by molar-refractivity contribution is 7.98. The van der Waals surface area contributed by atoms with Crippen LogP contribution in [0.15, 0.2) is 52.3 Å². The summed E-state index contributed by atoms with van der Waals surface area (Å²) >= 11 is 7.56. The predicted octanol–water partition coefficient (Wildman–Crippen LogP) is 3.72. The van der Waals surface area contributed by atoms with Gasteiger partial charge in [-0.25, -0.2) is 8.42 Å². The standard InChI is InChI=1S/C15H14ClNO3S2/c1-21-11-5-8-14(16)13(9-11)15(18)17-10-3-6-12(7-4-10)22(2,19)20/h3-9H,1-2H3,(H,17,18). The van der Waals surface area contributed by atoms with E-state index in [9.17, 15) is 13.2 Å². The Balaban J connectivity index is 2.22. The van der Waals surface area contributed by atoms with Crippen molar-refractivity contribution in [2.45, 2.75) is 9.79 Å². The maximum absolute atomic E-state index is 12.3. The van der Waals surface area contributed by atoms with Crippen molar-refractivity contribution in [1.29, 1.82) is 0 Å². The van der Waals surface area contributed by atoms with Crippen LogP contribution in [0.4, 0.5) is 5.69 Å². The zero-order valence-corrected chi connectivity index (χ0v) is 14.3. The Morgan fingerprint density at radius 3 is 2.32 bits per heavy atom. The number of anilines is 1. The summed E-state index contributed by atoms with van der Waals surface area (Å²) in [5.41, 5.74) is 0.878. The number of hydrogen-bond donors (Lipinski definition) is 1. The molecule has 0 fully saturated rings. The maximum atomic E-state index is 12.3. The fourth-order valence-electron chi connectivity index (χ4n) is 1.79. The number of thioether (sulfide) groups is 1. The lowest BCUT2D eigenvalue weighted by molar-refractivity contribution is 0.102. The average molecular weight is 356 g/mol. The number of carbonyl (C=O) groups is 1. The summed E-state index contributed by atoms with van der Waals surface area (Å²) in [6.45, 7) is 0. The number of benzene rings is 2. The smallest absolute Gasteiger partial charge is 0.257 e. The van der Waals surface area contributed by atoms with Gasteiger partial charge < -0.3 is 5.32 Å². The van der Waals surface area contributed by atoms with Crippen molar-refractivity contribution in [3.8, 4) is 0 Å². The number of hydrogen-bond acceptors (Lipinski definition) is 4. The molecule has 0 unspecified atom stereocenters. The van der Waals surface area contributed by atoms with Crippen LogP contribution in [0.5, 0.6) is 0 Å². The minimum absolute atomic E-state index is 0.202. The van der Waals surface area contributed by atoms with Gasteiger partial charge >= 0.3 is 0 Å². The Morgan fingerprint density at radius 1 is 1.14 bits per heavy atom. The van der Waals surface area contributed by atoms with Crippen LogP contribution >= 0.6 is 23.4 Å². The van der Waals surface area contributed by atoms with Crippen molar-refractivity contribution in [3.05, 3.63) is 53.1 Å². The molecule has 0 aliphatic carbocycles. The van der Waals surface area contributed by atoms with Crippen molar-refractivity contribution < 1.29 is 13.2 Å². The SMILES string of the molecule is CSc1ccc(Cl)c(C(=O)Nc2ccc(S(C)(=O)=O)cc2)c1. The highest BCUT2D eigenvalue weighted by Gasteiger charge is 2.12. The molecule has 7 heteroatoms. The quantitative estimate of drug-likeness (QED) is 0.849. The van der Waals surface area contributed by atoms with Gasteiger partial charge in [-0.05, 0) is 48.7 Å². The topological polar surface area (TPSA) is 63.2 Å². The number of nitrogens with one attached hydrogen (secondary N) is 1. The average Bonchev–Trinajstić information content (AvgIpc) is 2.47. The van der Waals surface area contributed by atoms with Crippen LogP contribution in [-0.4, -0.2) is 26.8 Å². The van der Waals surface area contributed by atoms with Gasteiger partial charge in [0.15, 0.2) is 9.84 Å². The van der Waals surface area contributed by atoms with Crippen LogP contribution in [0, 0.1) is 0 Å². The molecule has 0 saturated heterocycles. The lowest BCUT2D eigenvalue weighted by atomic mass is 10.2. The van der Waals surface area contributed by atoms with Gasteiger partial charge in [0.05, 0.1) is 15.5 Å². The Morgan fingerprint density at radius 2 is 1.77 bits per heavy atom. The van der Waals surface area contributed by atoms with Gasteiger partial charge in [0.25, 0.3) is 5.91 Å². The van der Waals surface area contributed by atoms with Crippen LogP contribution in [0.2, 0.25) is 5.02 Å². The molecule has 0 aliphatic heterocycles. The molecule has 0 aromatic heterocycles. The van der Waals surface area contributed by atoms with Gasteiger partial charge in [0.2, 0.25) is 0 Å². The van der Waals surface area contributed by atoms with Crippen LogP contribution < -0.4 is 5.32 Å². The number of carbonyl (C=O) groups excluding carboxylic acids is 1. The maximum Gasteiger partial charge on any atom is 0.257 e.